The first-order valence-electron chi connectivity index (χ1n) is 12.1. The monoisotopic (exact) mass is 505 g/mol. The van der Waals surface area contributed by atoms with Gasteiger partial charge >= 0.3 is 6.09 Å². The number of likely N-dealkylation sites (tertiary alicyclic amines) is 1. The molecule has 0 unspecified atom stereocenters. The first kappa shape index (κ1) is 24.2. The number of benzene rings is 2. The molecule has 2 aliphatic heterocycles. The number of amides is 1. The Morgan fingerprint density at radius 3 is 2.72 bits per heavy atom. The van der Waals surface area contributed by atoms with Crippen LogP contribution in [0.1, 0.15) is 43.4 Å². The normalized spacial score (nSPS) is 18.5. The number of halogens is 1. The zero-order valence-corrected chi connectivity index (χ0v) is 21.1. The molecular formula is C27H28ClN5O3. The number of hydrogen-bond donors (Lipinski definition) is 1. The van der Waals surface area contributed by atoms with E-state index in [1.807, 2.05) is 36.1 Å². The molecule has 0 radical (unpaired) electrons. The lowest BCUT2D eigenvalue weighted by Crippen LogP contribution is -2.41. The molecule has 0 aliphatic carbocycles. The fourth-order valence-corrected chi connectivity index (χ4v) is 5.34. The van der Waals surface area contributed by atoms with Gasteiger partial charge in [0, 0.05) is 34.0 Å². The van der Waals surface area contributed by atoms with Crippen LogP contribution in [0.2, 0.25) is 5.02 Å². The van der Waals surface area contributed by atoms with E-state index in [1.165, 1.54) is 4.90 Å². The summed E-state index contributed by atoms with van der Waals surface area (Å²) in [7, 11) is 2.13. The first-order chi connectivity index (χ1) is 17.4. The Bertz CT molecular complexity index is 1340. The van der Waals surface area contributed by atoms with Crippen molar-refractivity contribution in [3.63, 3.8) is 0 Å². The van der Waals surface area contributed by atoms with Crippen molar-refractivity contribution in [2.45, 2.75) is 44.7 Å². The Morgan fingerprint density at radius 2 is 2.00 bits per heavy atom. The second-order valence-corrected chi connectivity index (χ2v) is 10.0. The van der Waals surface area contributed by atoms with Crippen molar-refractivity contribution in [2.24, 2.45) is 0 Å². The van der Waals surface area contributed by atoms with E-state index >= 15 is 0 Å². The number of hydrogen-bond acceptors (Lipinski definition) is 5. The molecule has 1 atom stereocenters. The van der Waals surface area contributed by atoms with Crippen LogP contribution in [0, 0.1) is 11.3 Å². The van der Waals surface area contributed by atoms with Gasteiger partial charge in [-0.1, -0.05) is 11.6 Å². The quantitative estimate of drug-likeness (QED) is 0.470. The Balaban J connectivity index is 1.61. The summed E-state index contributed by atoms with van der Waals surface area (Å²) in [5.41, 5.74) is 3.42. The third-order valence-electron chi connectivity index (χ3n) is 7.20. The van der Waals surface area contributed by atoms with Crippen molar-refractivity contribution in [3.8, 4) is 28.7 Å². The average Bonchev–Trinajstić information content (AvgIpc) is 3.35. The Labute approximate surface area is 215 Å². The third-order valence-corrected chi connectivity index (χ3v) is 7.44. The maximum atomic E-state index is 12.1. The summed E-state index contributed by atoms with van der Waals surface area (Å²) in [6.45, 7) is 3.97. The summed E-state index contributed by atoms with van der Waals surface area (Å²) in [6, 6.07) is 11.0. The fourth-order valence-electron chi connectivity index (χ4n) is 5.16. The highest BCUT2D eigenvalue weighted by Crippen LogP contribution is 2.45. The van der Waals surface area contributed by atoms with Crippen LogP contribution in [0.4, 0.5) is 10.5 Å². The van der Waals surface area contributed by atoms with Crippen molar-refractivity contribution in [1.29, 1.82) is 5.26 Å². The highest BCUT2D eigenvalue weighted by molar-refractivity contribution is 6.30. The van der Waals surface area contributed by atoms with Gasteiger partial charge in [-0.15, -0.1) is 0 Å². The van der Waals surface area contributed by atoms with E-state index in [-0.39, 0.29) is 6.04 Å². The van der Waals surface area contributed by atoms with Crippen LogP contribution < -0.4 is 9.64 Å². The standard InChI is InChI=1S/C27H28ClN5O3/c1-17-3-5-23-24(33(17)27(34)35)7-6-22(26(23)36-25-8-4-20(28)13-18(25)14-29)19-15-30-32(16-19)21-9-11-31(2)12-10-21/h4,6-8,13,15-17,21H,3,5,9-12H2,1-2H3,(H,34,35)/t17-/m0/s1. The number of nitriles is 1. The van der Waals surface area contributed by atoms with Gasteiger partial charge in [-0.05, 0) is 83.1 Å². The number of anilines is 1. The Kier molecular flexibility index (Phi) is 6.61. The predicted octanol–water partition coefficient (Wildman–Crippen LogP) is 5.95. The summed E-state index contributed by atoms with van der Waals surface area (Å²) >= 11 is 6.10. The minimum atomic E-state index is -0.999. The molecule has 8 nitrogen and oxygen atoms in total. The molecule has 0 spiro atoms. The second kappa shape index (κ2) is 9.84. The lowest BCUT2D eigenvalue weighted by molar-refractivity contribution is 0.198. The topological polar surface area (TPSA) is 94.6 Å². The van der Waals surface area contributed by atoms with Crippen LogP contribution >= 0.6 is 11.6 Å². The third kappa shape index (κ3) is 4.52. The van der Waals surface area contributed by atoms with Crippen LogP contribution in [0.25, 0.3) is 11.1 Å². The van der Waals surface area contributed by atoms with Crippen molar-refractivity contribution in [1.82, 2.24) is 14.7 Å². The summed E-state index contributed by atoms with van der Waals surface area (Å²) < 4.78 is 8.46. The molecule has 1 N–H and O–H groups in total. The molecule has 0 saturated carbocycles. The largest absolute Gasteiger partial charge is 0.465 e. The van der Waals surface area contributed by atoms with E-state index in [4.69, 9.17) is 16.3 Å². The van der Waals surface area contributed by atoms with Crippen molar-refractivity contribution in [2.75, 3.05) is 25.0 Å². The average molecular weight is 506 g/mol. The van der Waals surface area contributed by atoms with E-state index in [1.54, 1.807) is 18.2 Å². The van der Waals surface area contributed by atoms with Gasteiger partial charge < -0.3 is 14.7 Å². The molecule has 5 rings (SSSR count). The summed E-state index contributed by atoms with van der Waals surface area (Å²) in [5.74, 6) is 0.923. The van der Waals surface area contributed by atoms with Gasteiger partial charge in [0.25, 0.3) is 0 Å². The zero-order valence-electron chi connectivity index (χ0n) is 20.3. The van der Waals surface area contributed by atoms with Crippen LogP contribution in [-0.2, 0) is 6.42 Å². The molecule has 1 saturated heterocycles. The number of fused-ring (bicyclic) bond motifs is 1. The van der Waals surface area contributed by atoms with Crippen molar-refractivity contribution >= 4 is 23.4 Å². The van der Waals surface area contributed by atoms with Gasteiger partial charge in [-0.2, -0.15) is 10.4 Å². The SMILES string of the molecule is C[C@H]1CCc2c(ccc(-c3cnn(C4CCN(C)CC4)c3)c2Oc2ccc(Cl)cc2C#N)N1C(=O)O. The van der Waals surface area contributed by atoms with Gasteiger partial charge in [0.1, 0.15) is 17.6 Å². The van der Waals surface area contributed by atoms with Gasteiger partial charge in [-0.25, -0.2) is 4.79 Å². The number of ether oxygens (including phenoxy) is 1. The first-order valence-corrected chi connectivity index (χ1v) is 12.5. The number of piperidine rings is 1. The molecule has 3 heterocycles. The van der Waals surface area contributed by atoms with Gasteiger partial charge in [0.15, 0.2) is 0 Å². The summed E-state index contributed by atoms with van der Waals surface area (Å²) in [4.78, 5) is 15.8. The highest BCUT2D eigenvalue weighted by Gasteiger charge is 2.32. The number of carboxylic acid groups (broad SMARTS) is 1. The molecule has 1 aromatic heterocycles. The van der Waals surface area contributed by atoms with Gasteiger partial charge in [0.05, 0.1) is 23.5 Å². The molecule has 1 fully saturated rings. The molecule has 0 bridgehead atoms. The molecule has 2 aliphatic rings. The molecule has 1 amide bonds. The predicted molar refractivity (Wildman–Crippen MR) is 138 cm³/mol. The molecule has 3 aromatic rings. The van der Waals surface area contributed by atoms with Crippen LogP contribution in [-0.4, -0.2) is 52.1 Å². The van der Waals surface area contributed by atoms with Crippen LogP contribution in [0.5, 0.6) is 11.5 Å². The number of aromatic nitrogens is 2. The van der Waals surface area contributed by atoms with Crippen molar-refractivity contribution in [3.05, 3.63) is 58.9 Å². The lowest BCUT2D eigenvalue weighted by atomic mass is 9.92. The van der Waals surface area contributed by atoms with E-state index in [9.17, 15) is 15.2 Å². The minimum Gasteiger partial charge on any atom is -0.465 e. The Hall–Kier alpha value is -3.54. The summed E-state index contributed by atoms with van der Waals surface area (Å²) in [6.07, 6.45) is 6.27. The highest BCUT2D eigenvalue weighted by atomic mass is 35.5. The van der Waals surface area contributed by atoms with E-state index in [2.05, 4.69) is 23.1 Å². The maximum Gasteiger partial charge on any atom is 0.412 e. The lowest BCUT2D eigenvalue weighted by Gasteiger charge is -2.34. The summed E-state index contributed by atoms with van der Waals surface area (Å²) in [5, 5.41) is 24.7. The Morgan fingerprint density at radius 1 is 1.22 bits per heavy atom. The zero-order chi connectivity index (χ0) is 25.4. The van der Waals surface area contributed by atoms with Crippen LogP contribution in [0.3, 0.4) is 0 Å². The molecule has 186 valence electrons. The van der Waals surface area contributed by atoms with Crippen LogP contribution in [0.15, 0.2) is 42.7 Å². The number of nitrogens with zero attached hydrogens (tertiary/aromatic N) is 5. The van der Waals surface area contributed by atoms with E-state index in [0.29, 0.717) is 46.7 Å². The second-order valence-electron chi connectivity index (χ2n) is 9.58. The number of rotatable bonds is 4. The molecular weight excluding hydrogens is 478 g/mol. The number of carbonyl (C=O) groups is 1. The van der Waals surface area contributed by atoms with Gasteiger partial charge in [0.2, 0.25) is 0 Å². The minimum absolute atomic E-state index is 0.147. The molecule has 36 heavy (non-hydrogen) atoms. The molecule has 9 heteroatoms. The van der Waals surface area contributed by atoms with E-state index in [0.717, 1.165) is 42.6 Å². The van der Waals surface area contributed by atoms with E-state index < -0.39 is 6.09 Å². The molecule has 2 aromatic carbocycles. The van der Waals surface area contributed by atoms with Gasteiger partial charge in [-0.3, -0.25) is 9.58 Å². The van der Waals surface area contributed by atoms with Crippen molar-refractivity contribution < 1.29 is 14.6 Å². The maximum absolute atomic E-state index is 12.1. The fraction of sp³-hybridized carbons (Fsp3) is 0.370. The smallest absolute Gasteiger partial charge is 0.412 e.